The van der Waals surface area contributed by atoms with E-state index < -0.39 is 17.7 Å². The third-order valence-electron chi connectivity index (χ3n) is 5.69. The highest BCUT2D eigenvalue weighted by atomic mass is 16.7. The molecule has 1 aliphatic carbocycles. The minimum Gasteiger partial charge on any atom is -0.466 e. The van der Waals surface area contributed by atoms with Gasteiger partial charge in [0.05, 0.1) is 13.2 Å². The van der Waals surface area contributed by atoms with Crippen molar-refractivity contribution in [2.75, 3.05) is 20.3 Å². The summed E-state index contributed by atoms with van der Waals surface area (Å²) in [6, 6.07) is 10.4. The molecule has 0 saturated heterocycles. The SMILES string of the molecule is CCOC(=O)CC1(C(=O)OCC)N=C(CC2(c3ccccc3)CCCC2)N(C)O1. The quantitative estimate of drug-likeness (QED) is 0.621. The van der Waals surface area contributed by atoms with Gasteiger partial charge in [-0.2, -0.15) is 0 Å². The minimum absolute atomic E-state index is 0.0492. The highest BCUT2D eigenvalue weighted by molar-refractivity contribution is 5.93. The summed E-state index contributed by atoms with van der Waals surface area (Å²) in [6.45, 7) is 3.83. The number of benzene rings is 1. The van der Waals surface area contributed by atoms with E-state index in [9.17, 15) is 9.59 Å². The van der Waals surface area contributed by atoms with Crippen LogP contribution in [0.4, 0.5) is 0 Å². The molecule has 158 valence electrons. The summed E-state index contributed by atoms with van der Waals surface area (Å²) in [5.74, 6) is -0.569. The van der Waals surface area contributed by atoms with Gasteiger partial charge in [0, 0.05) is 18.9 Å². The van der Waals surface area contributed by atoms with Crippen LogP contribution in [0.5, 0.6) is 0 Å². The van der Waals surface area contributed by atoms with Gasteiger partial charge in [-0.15, -0.1) is 0 Å². The second-order valence-electron chi connectivity index (χ2n) is 7.63. The van der Waals surface area contributed by atoms with Crippen molar-refractivity contribution < 1.29 is 23.9 Å². The summed E-state index contributed by atoms with van der Waals surface area (Å²) in [5, 5.41) is 1.51. The lowest BCUT2D eigenvalue weighted by molar-refractivity contribution is -0.207. The number of aliphatic imine (C=N–C) groups is 1. The van der Waals surface area contributed by atoms with E-state index in [1.165, 1.54) is 10.6 Å². The summed E-state index contributed by atoms with van der Waals surface area (Å²) in [4.78, 5) is 35.3. The molecule has 29 heavy (non-hydrogen) atoms. The van der Waals surface area contributed by atoms with Gasteiger partial charge in [0.2, 0.25) is 0 Å². The summed E-state index contributed by atoms with van der Waals surface area (Å²) in [7, 11) is 1.72. The van der Waals surface area contributed by atoms with Crippen LogP contribution < -0.4 is 0 Å². The Kier molecular flexibility index (Phi) is 6.57. The van der Waals surface area contributed by atoms with Gasteiger partial charge >= 0.3 is 11.9 Å². The van der Waals surface area contributed by atoms with E-state index in [4.69, 9.17) is 14.3 Å². The zero-order chi connectivity index (χ0) is 20.9. The number of ether oxygens (including phenoxy) is 2. The first-order valence-electron chi connectivity index (χ1n) is 10.3. The molecule has 2 aliphatic rings. The second-order valence-corrected chi connectivity index (χ2v) is 7.63. The highest BCUT2D eigenvalue weighted by Crippen LogP contribution is 2.45. The maximum atomic E-state index is 12.7. The molecule has 1 saturated carbocycles. The molecular formula is C22H30N2O5. The molecule has 0 N–H and O–H groups in total. The van der Waals surface area contributed by atoms with Gasteiger partial charge in [0.15, 0.2) is 0 Å². The van der Waals surface area contributed by atoms with Crippen LogP contribution in [-0.2, 0) is 29.3 Å². The first kappa shape index (κ1) is 21.3. The van der Waals surface area contributed by atoms with Gasteiger partial charge in [0.1, 0.15) is 12.3 Å². The summed E-state index contributed by atoms with van der Waals surface area (Å²) in [6.07, 6.45) is 4.73. The van der Waals surface area contributed by atoms with Crippen molar-refractivity contribution >= 4 is 17.8 Å². The Balaban J connectivity index is 1.91. The molecule has 1 atom stereocenters. The number of hydrogen-bond acceptors (Lipinski definition) is 7. The van der Waals surface area contributed by atoms with Crippen molar-refractivity contribution in [2.45, 2.75) is 63.5 Å². The van der Waals surface area contributed by atoms with Gasteiger partial charge in [-0.25, -0.2) is 19.7 Å². The van der Waals surface area contributed by atoms with E-state index >= 15 is 0 Å². The monoisotopic (exact) mass is 402 g/mol. The third kappa shape index (κ3) is 4.45. The molecule has 0 aromatic heterocycles. The van der Waals surface area contributed by atoms with Crippen molar-refractivity contribution in [1.82, 2.24) is 5.06 Å². The number of carbonyl (C=O) groups excluding carboxylic acids is 2. The van der Waals surface area contributed by atoms with E-state index in [2.05, 4.69) is 29.3 Å². The standard InChI is InChI=1S/C22H30N2O5/c1-4-27-19(25)16-22(20(26)28-5-2)23-18(24(3)29-22)15-21(13-9-10-14-21)17-11-7-6-8-12-17/h6-8,11-12H,4-5,9-10,13-16H2,1-3H3. The maximum Gasteiger partial charge on any atom is 0.364 e. The molecule has 0 amide bonds. The molecular weight excluding hydrogens is 372 g/mol. The van der Waals surface area contributed by atoms with E-state index in [0.717, 1.165) is 25.7 Å². The lowest BCUT2D eigenvalue weighted by atomic mass is 9.75. The Morgan fingerprint density at radius 2 is 1.76 bits per heavy atom. The maximum absolute atomic E-state index is 12.7. The zero-order valence-corrected chi connectivity index (χ0v) is 17.5. The van der Waals surface area contributed by atoms with Crippen LogP contribution in [0, 0.1) is 0 Å². The molecule has 1 aromatic rings. The largest absolute Gasteiger partial charge is 0.466 e. The fourth-order valence-corrected chi connectivity index (χ4v) is 4.32. The number of nitrogens with zero attached hydrogens (tertiary/aromatic N) is 2. The average Bonchev–Trinajstić information content (AvgIpc) is 3.29. The molecule has 0 spiro atoms. The minimum atomic E-state index is -1.72. The number of hydrogen-bond donors (Lipinski definition) is 0. The van der Waals surface area contributed by atoms with Crippen LogP contribution in [0.2, 0.25) is 0 Å². The smallest absolute Gasteiger partial charge is 0.364 e. The molecule has 0 radical (unpaired) electrons. The predicted molar refractivity (Wildman–Crippen MR) is 108 cm³/mol. The van der Waals surface area contributed by atoms with Crippen molar-refractivity contribution in [3.63, 3.8) is 0 Å². The number of carbonyl (C=O) groups is 2. The molecule has 1 aromatic carbocycles. The second kappa shape index (κ2) is 8.95. The summed E-state index contributed by atoms with van der Waals surface area (Å²) in [5.41, 5.74) is -0.498. The molecule has 1 fully saturated rings. The third-order valence-corrected chi connectivity index (χ3v) is 5.69. The van der Waals surface area contributed by atoms with E-state index in [1.54, 1.807) is 20.9 Å². The predicted octanol–water partition coefficient (Wildman–Crippen LogP) is 3.38. The van der Waals surface area contributed by atoms with Crippen LogP contribution in [0.3, 0.4) is 0 Å². The van der Waals surface area contributed by atoms with Gasteiger partial charge in [-0.3, -0.25) is 4.79 Å². The molecule has 1 aliphatic heterocycles. The van der Waals surface area contributed by atoms with Crippen molar-refractivity contribution in [3.8, 4) is 0 Å². The molecule has 0 bridgehead atoms. The highest BCUT2D eigenvalue weighted by Gasteiger charge is 2.52. The number of amidine groups is 1. The van der Waals surface area contributed by atoms with Crippen LogP contribution in [0.25, 0.3) is 0 Å². The summed E-state index contributed by atoms with van der Waals surface area (Å²) >= 11 is 0. The molecule has 1 heterocycles. The number of esters is 2. The Hall–Kier alpha value is -2.41. The number of hydroxylamine groups is 2. The van der Waals surface area contributed by atoms with Crippen molar-refractivity contribution in [1.29, 1.82) is 0 Å². The lowest BCUT2D eigenvalue weighted by Gasteiger charge is -2.31. The van der Waals surface area contributed by atoms with Crippen LogP contribution in [0.1, 0.15) is 57.9 Å². The summed E-state index contributed by atoms with van der Waals surface area (Å²) < 4.78 is 10.2. The van der Waals surface area contributed by atoms with Crippen LogP contribution >= 0.6 is 0 Å². The van der Waals surface area contributed by atoms with Crippen molar-refractivity contribution in [3.05, 3.63) is 35.9 Å². The molecule has 3 rings (SSSR count). The van der Waals surface area contributed by atoms with Gasteiger partial charge < -0.3 is 9.47 Å². The van der Waals surface area contributed by atoms with Gasteiger partial charge in [-0.05, 0) is 32.3 Å². The Bertz CT molecular complexity index is 758. The lowest BCUT2D eigenvalue weighted by Crippen LogP contribution is -2.43. The zero-order valence-electron chi connectivity index (χ0n) is 17.5. The van der Waals surface area contributed by atoms with E-state index in [1.807, 2.05) is 6.07 Å². The van der Waals surface area contributed by atoms with Crippen LogP contribution in [0.15, 0.2) is 35.3 Å². The molecule has 7 heteroatoms. The van der Waals surface area contributed by atoms with E-state index in [-0.39, 0.29) is 25.0 Å². The van der Waals surface area contributed by atoms with Crippen molar-refractivity contribution in [2.24, 2.45) is 4.99 Å². The van der Waals surface area contributed by atoms with Crippen LogP contribution in [-0.4, -0.2) is 48.8 Å². The number of rotatable bonds is 8. The molecule has 7 nitrogen and oxygen atoms in total. The van der Waals surface area contributed by atoms with E-state index in [0.29, 0.717) is 12.3 Å². The fraction of sp³-hybridized carbons (Fsp3) is 0.591. The van der Waals surface area contributed by atoms with Gasteiger partial charge in [0.25, 0.3) is 5.72 Å². The van der Waals surface area contributed by atoms with Gasteiger partial charge in [-0.1, -0.05) is 43.2 Å². The fourth-order valence-electron chi connectivity index (χ4n) is 4.32. The normalized spacial score (nSPS) is 23.0. The Labute approximate surface area is 172 Å². The topological polar surface area (TPSA) is 77.4 Å². The Morgan fingerprint density at radius 1 is 1.10 bits per heavy atom. The average molecular weight is 402 g/mol. The first-order valence-corrected chi connectivity index (χ1v) is 10.3. The first-order chi connectivity index (χ1) is 13.9. The Morgan fingerprint density at radius 3 is 2.38 bits per heavy atom. The molecule has 1 unspecified atom stereocenters.